The van der Waals surface area contributed by atoms with Crippen LogP contribution < -0.4 is 10.1 Å². The van der Waals surface area contributed by atoms with Crippen LogP contribution in [0.15, 0.2) is 23.3 Å². The van der Waals surface area contributed by atoms with Gasteiger partial charge in [-0.25, -0.2) is 4.39 Å². The maximum atomic E-state index is 13.9. The molecule has 1 amide bonds. The van der Waals surface area contributed by atoms with Gasteiger partial charge >= 0.3 is 6.18 Å². The van der Waals surface area contributed by atoms with E-state index in [4.69, 9.17) is 21.7 Å². The smallest absolute Gasteiger partial charge is 0.418 e. The minimum absolute atomic E-state index is 0.0282. The molecule has 0 saturated heterocycles. The van der Waals surface area contributed by atoms with Gasteiger partial charge in [0.1, 0.15) is 11.6 Å². The average molecular weight is 367 g/mol. The van der Waals surface area contributed by atoms with Crippen molar-refractivity contribution in [1.82, 2.24) is 0 Å². The molecule has 0 fully saturated rings. The number of amides is 1. The number of hydrogen-bond acceptors (Lipinski definition) is 3. The van der Waals surface area contributed by atoms with Crippen molar-refractivity contribution in [1.29, 1.82) is 5.41 Å². The average Bonchev–Trinajstić information content (AvgIpc) is 2.42. The maximum Gasteiger partial charge on any atom is 0.418 e. The molecule has 0 saturated carbocycles. The Morgan fingerprint density at radius 3 is 2.42 bits per heavy atom. The van der Waals surface area contributed by atoms with Crippen molar-refractivity contribution in [3.63, 3.8) is 0 Å². The van der Waals surface area contributed by atoms with Crippen LogP contribution in [0.4, 0.5) is 23.2 Å². The van der Waals surface area contributed by atoms with Crippen LogP contribution in [0.25, 0.3) is 0 Å². The van der Waals surface area contributed by atoms with Crippen molar-refractivity contribution < 1.29 is 27.1 Å². The number of carbonyl (C=O) groups excluding carboxylic acids is 1. The van der Waals surface area contributed by atoms with Gasteiger partial charge in [-0.1, -0.05) is 11.6 Å². The van der Waals surface area contributed by atoms with Crippen LogP contribution in [0, 0.1) is 11.2 Å². The predicted molar refractivity (Wildman–Crippen MR) is 83.3 cm³/mol. The SMILES string of the molecule is C/C(C(=O)Nc1cc(OC(C)C)c(Cl)cc1F)=C(/C=N)C(F)(F)F. The summed E-state index contributed by atoms with van der Waals surface area (Å²) in [5.74, 6) is -2.05. The first kappa shape index (κ1) is 20.0. The Morgan fingerprint density at radius 2 is 1.96 bits per heavy atom. The zero-order chi connectivity index (χ0) is 18.7. The Morgan fingerprint density at radius 1 is 1.38 bits per heavy atom. The summed E-state index contributed by atoms with van der Waals surface area (Å²) in [6, 6.07) is 1.97. The van der Waals surface area contributed by atoms with Gasteiger partial charge in [0, 0.05) is 17.9 Å². The molecule has 0 spiro atoms. The van der Waals surface area contributed by atoms with Crippen LogP contribution in [-0.4, -0.2) is 24.4 Å². The molecule has 9 heteroatoms. The maximum absolute atomic E-state index is 13.9. The lowest BCUT2D eigenvalue weighted by Gasteiger charge is -2.15. The monoisotopic (exact) mass is 366 g/mol. The molecule has 0 unspecified atom stereocenters. The second kappa shape index (κ2) is 7.65. The minimum Gasteiger partial charge on any atom is -0.489 e. The van der Waals surface area contributed by atoms with E-state index in [0.717, 1.165) is 19.1 Å². The lowest BCUT2D eigenvalue weighted by atomic mass is 10.1. The van der Waals surface area contributed by atoms with Gasteiger partial charge in [-0.15, -0.1) is 0 Å². The van der Waals surface area contributed by atoms with Crippen molar-refractivity contribution in [2.75, 3.05) is 5.32 Å². The van der Waals surface area contributed by atoms with Crippen LogP contribution in [-0.2, 0) is 4.79 Å². The molecule has 24 heavy (non-hydrogen) atoms. The Bertz CT molecular complexity index is 685. The van der Waals surface area contributed by atoms with E-state index in [9.17, 15) is 22.4 Å². The summed E-state index contributed by atoms with van der Waals surface area (Å²) in [6.45, 7) is 4.29. The third-order valence-electron chi connectivity index (χ3n) is 2.83. The van der Waals surface area contributed by atoms with Gasteiger partial charge in [-0.3, -0.25) is 4.79 Å². The minimum atomic E-state index is -4.87. The second-order valence-corrected chi connectivity index (χ2v) is 5.47. The molecule has 132 valence electrons. The number of halogens is 5. The van der Waals surface area contributed by atoms with Gasteiger partial charge in [0.15, 0.2) is 0 Å². The molecule has 0 aliphatic heterocycles. The normalized spacial score (nSPS) is 12.7. The molecule has 0 aromatic heterocycles. The van der Waals surface area contributed by atoms with Crippen LogP contribution in [0.5, 0.6) is 5.75 Å². The fraction of sp³-hybridized carbons (Fsp3) is 0.333. The lowest BCUT2D eigenvalue weighted by molar-refractivity contribution is -0.114. The lowest BCUT2D eigenvalue weighted by Crippen LogP contribution is -2.22. The molecule has 0 aliphatic rings. The fourth-order valence-corrected chi connectivity index (χ4v) is 1.91. The van der Waals surface area contributed by atoms with Crippen LogP contribution in [0.2, 0.25) is 5.02 Å². The zero-order valence-electron chi connectivity index (χ0n) is 13.0. The first-order valence-corrected chi connectivity index (χ1v) is 7.10. The van der Waals surface area contributed by atoms with Crippen molar-refractivity contribution in [2.45, 2.75) is 33.1 Å². The highest BCUT2D eigenvalue weighted by molar-refractivity contribution is 6.32. The van der Waals surface area contributed by atoms with Gasteiger partial charge in [-0.05, 0) is 26.8 Å². The van der Waals surface area contributed by atoms with E-state index in [1.165, 1.54) is 0 Å². The molecule has 0 atom stereocenters. The van der Waals surface area contributed by atoms with E-state index in [0.29, 0.717) is 0 Å². The number of anilines is 1. The van der Waals surface area contributed by atoms with Gasteiger partial charge in [0.05, 0.1) is 22.4 Å². The highest BCUT2D eigenvalue weighted by Gasteiger charge is 2.35. The number of allylic oxidation sites excluding steroid dienone is 1. The third-order valence-corrected chi connectivity index (χ3v) is 3.12. The number of rotatable bonds is 5. The van der Waals surface area contributed by atoms with Crippen LogP contribution in [0.3, 0.4) is 0 Å². The Hall–Kier alpha value is -2.09. The summed E-state index contributed by atoms with van der Waals surface area (Å²) >= 11 is 5.81. The van der Waals surface area contributed by atoms with E-state index in [1.807, 2.05) is 5.32 Å². The third kappa shape index (κ3) is 4.95. The molecule has 4 nitrogen and oxygen atoms in total. The predicted octanol–water partition coefficient (Wildman–Crippen LogP) is 4.73. The number of alkyl halides is 3. The van der Waals surface area contributed by atoms with E-state index in [1.54, 1.807) is 13.8 Å². The zero-order valence-corrected chi connectivity index (χ0v) is 13.8. The van der Waals surface area contributed by atoms with E-state index >= 15 is 0 Å². The fourth-order valence-electron chi connectivity index (χ4n) is 1.71. The Balaban J connectivity index is 3.19. The molecular formula is C15H15ClF4N2O2. The van der Waals surface area contributed by atoms with Crippen LogP contribution >= 0.6 is 11.6 Å². The Labute approximate surface area is 141 Å². The molecule has 2 N–H and O–H groups in total. The van der Waals surface area contributed by atoms with Crippen molar-refractivity contribution >= 4 is 29.4 Å². The molecule has 0 bridgehead atoms. The molecule has 0 radical (unpaired) electrons. The largest absolute Gasteiger partial charge is 0.489 e. The molecule has 0 aliphatic carbocycles. The summed E-state index contributed by atoms with van der Waals surface area (Å²) in [5.41, 5.74) is -2.57. The van der Waals surface area contributed by atoms with Crippen molar-refractivity contribution in [3.8, 4) is 5.75 Å². The quantitative estimate of drug-likeness (QED) is 0.449. The summed E-state index contributed by atoms with van der Waals surface area (Å²) < 4.78 is 57.3. The summed E-state index contributed by atoms with van der Waals surface area (Å²) in [5, 5.41) is 8.79. The number of carbonyl (C=O) groups is 1. The topological polar surface area (TPSA) is 62.2 Å². The van der Waals surface area contributed by atoms with E-state index < -0.39 is 29.0 Å². The van der Waals surface area contributed by atoms with Gasteiger partial charge < -0.3 is 15.5 Å². The molecule has 1 aromatic carbocycles. The number of benzene rings is 1. The van der Waals surface area contributed by atoms with E-state index in [2.05, 4.69) is 0 Å². The number of ether oxygens (including phenoxy) is 1. The molecular weight excluding hydrogens is 352 g/mol. The van der Waals surface area contributed by atoms with Crippen LogP contribution in [0.1, 0.15) is 20.8 Å². The van der Waals surface area contributed by atoms with Gasteiger partial charge in [-0.2, -0.15) is 13.2 Å². The second-order valence-electron chi connectivity index (χ2n) is 5.06. The summed E-state index contributed by atoms with van der Waals surface area (Å²) in [7, 11) is 0. The Kier molecular flexibility index (Phi) is 6.36. The van der Waals surface area contributed by atoms with Gasteiger partial charge in [0.25, 0.3) is 5.91 Å². The van der Waals surface area contributed by atoms with Crippen molar-refractivity contribution in [3.05, 3.63) is 34.1 Å². The highest BCUT2D eigenvalue weighted by atomic mass is 35.5. The first-order valence-electron chi connectivity index (χ1n) is 6.73. The van der Waals surface area contributed by atoms with E-state index in [-0.39, 0.29) is 28.8 Å². The molecule has 1 rings (SSSR count). The van der Waals surface area contributed by atoms with Gasteiger partial charge in [0.2, 0.25) is 0 Å². The van der Waals surface area contributed by atoms with Crippen molar-refractivity contribution in [2.24, 2.45) is 0 Å². The standard InChI is InChI=1S/C15H15ClF4N2O2/c1-7(2)24-13-5-12(11(17)4-10(13)16)22-14(23)8(3)9(6-21)15(18,19)20/h4-7,21H,1-3H3,(H,22,23)/b9-8+,21-6?. The number of hydrogen-bond donors (Lipinski definition) is 2. The summed E-state index contributed by atoms with van der Waals surface area (Å²) in [4.78, 5) is 11.9. The highest BCUT2D eigenvalue weighted by Crippen LogP contribution is 2.32. The first-order chi connectivity index (χ1) is 11.0. The molecule has 0 heterocycles. The number of nitrogens with one attached hydrogen (secondary N) is 2. The summed E-state index contributed by atoms with van der Waals surface area (Å²) in [6.07, 6.45) is -5.12. The molecule has 1 aromatic rings.